The molecule has 4 heterocycles. The van der Waals surface area contributed by atoms with Gasteiger partial charge in [-0.15, -0.1) is 0 Å². The molecule has 4 aliphatic heterocycles. The van der Waals surface area contributed by atoms with Crippen molar-refractivity contribution in [2.45, 2.75) is 98.4 Å². The minimum absolute atomic E-state index is 0.613. The monoisotopic (exact) mass is 546 g/mol. The highest BCUT2D eigenvalue weighted by atomic mass is 16.8. The topological polar surface area (TPSA) is 267 Å². The van der Waals surface area contributed by atoms with Crippen LogP contribution in [0.5, 0.6) is 0 Å². The van der Waals surface area contributed by atoms with Crippen molar-refractivity contribution in [3.8, 4) is 0 Å². The fourth-order valence-corrected chi connectivity index (χ4v) is 4.70. The summed E-state index contributed by atoms with van der Waals surface area (Å²) < 4.78 is 37.9. The van der Waals surface area contributed by atoms with Gasteiger partial charge >= 0.3 is 0 Å². The van der Waals surface area contributed by atoms with Crippen LogP contribution in [0.2, 0.25) is 0 Å². The molecule has 0 unspecified atom stereocenters. The van der Waals surface area contributed by atoms with Gasteiger partial charge in [-0.2, -0.15) is 0 Å². The average Bonchev–Trinajstić information content (AvgIpc) is 3.55. The molecule has 0 saturated carbocycles. The Morgan fingerprint density at radius 1 is 0.405 bits per heavy atom. The lowest BCUT2D eigenvalue weighted by atomic mass is 10.1. The van der Waals surface area contributed by atoms with Gasteiger partial charge in [-0.05, 0) is 0 Å². The van der Waals surface area contributed by atoms with Gasteiger partial charge in [-0.3, -0.25) is 0 Å². The van der Waals surface area contributed by atoms with E-state index >= 15 is 0 Å². The molecule has 4 rings (SSSR count). The number of ether oxygens (including phenoxy) is 7. The quantitative estimate of drug-likeness (QED) is 0.122. The predicted molar refractivity (Wildman–Crippen MR) is 110 cm³/mol. The van der Waals surface area contributed by atoms with E-state index in [1.165, 1.54) is 0 Å². The highest BCUT2D eigenvalue weighted by Gasteiger charge is 2.55. The van der Waals surface area contributed by atoms with Crippen molar-refractivity contribution in [3.05, 3.63) is 0 Å². The molecule has 216 valence electrons. The Hall–Kier alpha value is -0.680. The van der Waals surface area contributed by atoms with Gasteiger partial charge in [0.2, 0.25) is 0 Å². The number of hydrogen-bond donors (Lipinski definition) is 10. The maximum Gasteiger partial charge on any atom is 0.187 e. The first-order chi connectivity index (χ1) is 17.6. The SMILES string of the molecule is OC[C@@H]1O[C@@H](O[C@@H]2[C@@H](O)[C@@H](O[C@H]3[C@@H](O[C@@H]4[C@@H](O)[C@H](CO)O[C@@H]4O)O[C@@H](CO)[C@@H]3O)O[C@H]2CO)[C@H](O)[C@H]1O. The van der Waals surface area contributed by atoms with Gasteiger partial charge in [0.05, 0.1) is 26.4 Å². The molecule has 0 aliphatic carbocycles. The molecule has 4 fully saturated rings. The second-order valence-electron chi connectivity index (χ2n) is 9.18. The van der Waals surface area contributed by atoms with E-state index in [1.54, 1.807) is 0 Å². The van der Waals surface area contributed by atoms with Gasteiger partial charge in [-0.1, -0.05) is 0 Å². The molecule has 10 N–H and O–H groups in total. The maximum atomic E-state index is 10.8. The summed E-state index contributed by atoms with van der Waals surface area (Å²) in [6.45, 7) is -2.58. The van der Waals surface area contributed by atoms with Crippen molar-refractivity contribution < 1.29 is 84.2 Å². The molecule has 0 bridgehead atoms. The van der Waals surface area contributed by atoms with Crippen LogP contribution in [-0.2, 0) is 33.2 Å². The first-order valence-electron chi connectivity index (χ1n) is 11.7. The lowest BCUT2D eigenvalue weighted by Gasteiger charge is -2.29. The highest BCUT2D eigenvalue weighted by Crippen LogP contribution is 2.35. The minimum atomic E-state index is -1.66. The van der Waals surface area contributed by atoms with Crippen LogP contribution in [0.4, 0.5) is 0 Å². The molecule has 17 nitrogen and oxygen atoms in total. The number of aliphatic hydroxyl groups excluding tert-OH is 10. The van der Waals surface area contributed by atoms with Gasteiger partial charge in [0, 0.05) is 0 Å². The van der Waals surface area contributed by atoms with E-state index < -0.39 is 125 Å². The smallest absolute Gasteiger partial charge is 0.187 e. The first kappa shape index (κ1) is 29.3. The average molecular weight is 546 g/mol. The summed E-state index contributed by atoms with van der Waals surface area (Å²) in [6.07, 6.45) is -22.9. The molecule has 0 aromatic rings. The van der Waals surface area contributed by atoms with Gasteiger partial charge in [0.25, 0.3) is 0 Å². The summed E-state index contributed by atoms with van der Waals surface area (Å²) in [6, 6.07) is 0. The minimum Gasteiger partial charge on any atom is -0.394 e. The molecule has 0 radical (unpaired) electrons. The Balaban J connectivity index is 1.44. The van der Waals surface area contributed by atoms with Crippen molar-refractivity contribution in [1.29, 1.82) is 0 Å². The normalized spacial score (nSPS) is 52.4. The van der Waals surface area contributed by atoms with Crippen LogP contribution in [-0.4, -0.2) is 176 Å². The van der Waals surface area contributed by atoms with Crippen LogP contribution >= 0.6 is 0 Å². The van der Waals surface area contributed by atoms with Crippen LogP contribution in [0.3, 0.4) is 0 Å². The zero-order valence-electron chi connectivity index (χ0n) is 19.4. The third kappa shape index (κ3) is 5.65. The van der Waals surface area contributed by atoms with E-state index in [1.807, 2.05) is 0 Å². The van der Waals surface area contributed by atoms with E-state index in [-0.39, 0.29) is 0 Å². The Morgan fingerprint density at radius 3 is 1.41 bits per heavy atom. The van der Waals surface area contributed by atoms with Gasteiger partial charge in [-0.25, -0.2) is 0 Å². The molecule has 0 aromatic carbocycles. The van der Waals surface area contributed by atoms with Crippen molar-refractivity contribution in [3.63, 3.8) is 0 Å². The van der Waals surface area contributed by atoms with Crippen LogP contribution in [0, 0.1) is 0 Å². The summed E-state index contributed by atoms with van der Waals surface area (Å²) in [4.78, 5) is 0. The van der Waals surface area contributed by atoms with Crippen molar-refractivity contribution >= 4 is 0 Å². The highest BCUT2D eigenvalue weighted by molar-refractivity contribution is 4.96. The summed E-state index contributed by atoms with van der Waals surface area (Å²) >= 11 is 0. The standard InChI is InChI=1S/C20H34O17/c21-1-5-9(25)12(28)18(32-5)35-14-8(4-24)34-19(13(14)29)37-16-11(27)7(3-23)33-20(16)36-15-10(26)6(2-22)31-17(15)30/h5-30H,1-4H2/t5-,6-,7-,8-,9-,10-,11-,12+,13+,14-,15+,16+,17-,18-,19+,20+/m0/s1. The zero-order valence-corrected chi connectivity index (χ0v) is 19.4. The van der Waals surface area contributed by atoms with Crippen molar-refractivity contribution in [1.82, 2.24) is 0 Å². The molecular weight excluding hydrogens is 512 g/mol. The van der Waals surface area contributed by atoms with E-state index in [0.29, 0.717) is 0 Å². The maximum absolute atomic E-state index is 10.8. The summed E-state index contributed by atoms with van der Waals surface area (Å²) in [7, 11) is 0. The molecule has 16 atom stereocenters. The van der Waals surface area contributed by atoms with Crippen molar-refractivity contribution in [2.75, 3.05) is 26.4 Å². The first-order valence-corrected chi connectivity index (χ1v) is 11.7. The third-order valence-electron chi connectivity index (χ3n) is 6.81. The second-order valence-corrected chi connectivity index (χ2v) is 9.18. The lowest BCUT2D eigenvalue weighted by Crippen LogP contribution is -2.47. The molecule has 0 amide bonds. The Labute approximate surface area is 209 Å². The Kier molecular flexibility index (Phi) is 9.69. The Bertz CT molecular complexity index is 731. The number of aliphatic hydroxyl groups is 10. The molecule has 0 aromatic heterocycles. The summed E-state index contributed by atoms with van der Waals surface area (Å²) in [5.41, 5.74) is 0. The van der Waals surface area contributed by atoms with Crippen LogP contribution < -0.4 is 0 Å². The molecule has 17 heteroatoms. The molecule has 4 aliphatic rings. The van der Waals surface area contributed by atoms with Crippen LogP contribution in [0.1, 0.15) is 0 Å². The molecule has 37 heavy (non-hydrogen) atoms. The zero-order chi connectivity index (χ0) is 27.0. The third-order valence-corrected chi connectivity index (χ3v) is 6.81. The second kappa shape index (κ2) is 12.2. The largest absolute Gasteiger partial charge is 0.394 e. The molecule has 0 spiro atoms. The lowest BCUT2D eigenvalue weighted by molar-refractivity contribution is -0.272. The summed E-state index contributed by atoms with van der Waals surface area (Å²) in [5, 5.41) is 99.4. The predicted octanol–water partition coefficient (Wildman–Crippen LogP) is -7.19. The van der Waals surface area contributed by atoms with Gasteiger partial charge < -0.3 is 84.2 Å². The van der Waals surface area contributed by atoms with Gasteiger partial charge in [0.15, 0.2) is 25.2 Å². The number of hydrogen-bond acceptors (Lipinski definition) is 17. The van der Waals surface area contributed by atoms with Crippen LogP contribution in [0.25, 0.3) is 0 Å². The van der Waals surface area contributed by atoms with E-state index in [0.717, 1.165) is 0 Å². The van der Waals surface area contributed by atoms with E-state index in [9.17, 15) is 51.1 Å². The number of rotatable bonds is 10. The van der Waals surface area contributed by atoms with E-state index in [2.05, 4.69) is 0 Å². The van der Waals surface area contributed by atoms with Gasteiger partial charge in [0.1, 0.15) is 73.2 Å². The fraction of sp³-hybridized carbons (Fsp3) is 1.00. The fourth-order valence-electron chi connectivity index (χ4n) is 4.70. The molecule has 4 saturated heterocycles. The summed E-state index contributed by atoms with van der Waals surface area (Å²) in [5.74, 6) is 0. The van der Waals surface area contributed by atoms with E-state index in [4.69, 9.17) is 33.2 Å². The van der Waals surface area contributed by atoms with Crippen LogP contribution in [0.15, 0.2) is 0 Å². The van der Waals surface area contributed by atoms with Crippen molar-refractivity contribution in [2.24, 2.45) is 0 Å². The Morgan fingerprint density at radius 2 is 0.838 bits per heavy atom. The molecular formula is C20H34O17.